The minimum Gasteiger partial charge on any atom is -0.319 e. The Labute approximate surface area is 122 Å². The van der Waals surface area contributed by atoms with E-state index in [1.54, 1.807) is 0 Å². The van der Waals surface area contributed by atoms with Crippen LogP contribution in [0.25, 0.3) is 5.69 Å². The molecule has 0 aliphatic heterocycles. The summed E-state index contributed by atoms with van der Waals surface area (Å²) in [5.41, 5.74) is 6.45. The lowest BCUT2D eigenvalue weighted by Gasteiger charge is -2.08. The first-order valence-electron chi connectivity index (χ1n) is 7.52. The van der Waals surface area contributed by atoms with E-state index in [0.717, 1.165) is 31.5 Å². The molecule has 1 aromatic heterocycles. The van der Waals surface area contributed by atoms with Crippen molar-refractivity contribution in [2.75, 3.05) is 13.6 Å². The Bertz CT molecular complexity index is 552. The Hall–Kier alpha value is -1.61. The van der Waals surface area contributed by atoms with E-state index in [4.69, 9.17) is 5.10 Å². The van der Waals surface area contributed by atoms with Crippen LogP contribution in [0.15, 0.2) is 24.3 Å². The molecule has 1 N–H and O–H groups in total. The molecule has 3 nitrogen and oxygen atoms in total. The molecule has 1 aromatic carbocycles. The summed E-state index contributed by atoms with van der Waals surface area (Å²) >= 11 is 0. The van der Waals surface area contributed by atoms with Gasteiger partial charge in [0.25, 0.3) is 0 Å². The van der Waals surface area contributed by atoms with Gasteiger partial charge in [-0.05, 0) is 57.5 Å². The van der Waals surface area contributed by atoms with E-state index in [1.807, 2.05) is 7.05 Å². The Morgan fingerprint density at radius 2 is 1.80 bits per heavy atom. The molecule has 0 saturated heterocycles. The average Bonchev–Trinajstić information content (AvgIpc) is 2.83. The standard InChI is InChI=1S/C17H25N3/c1-5-16-15(11-12-18-4)17(6-2)20(19-16)14-9-7-13(3)8-10-14/h7-10,18H,5-6,11-12H2,1-4H3. The quantitative estimate of drug-likeness (QED) is 0.875. The fraction of sp³-hybridized carbons (Fsp3) is 0.471. The summed E-state index contributed by atoms with van der Waals surface area (Å²) in [6.07, 6.45) is 3.06. The van der Waals surface area contributed by atoms with Crippen LogP contribution in [0.3, 0.4) is 0 Å². The minimum atomic E-state index is 0.991. The van der Waals surface area contributed by atoms with Crippen LogP contribution in [0.2, 0.25) is 0 Å². The summed E-state index contributed by atoms with van der Waals surface area (Å²) in [4.78, 5) is 0. The number of hydrogen-bond donors (Lipinski definition) is 1. The summed E-state index contributed by atoms with van der Waals surface area (Å²) in [7, 11) is 2.00. The molecular formula is C17H25N3. The number of nitrogens with one attached hydrogen (secondary N) is 1. The van der Waals surface area contributed by atoms with Crippen molar-refractivity contribution in [1.82, 2.24) is 15.1 Å². The van der Waals surface area contributed by atoms with Crippen molar-refractivity contribution in [2.24, 2.45) is 0 Å². The van der Waals surface area contributed by atoms with Gasteiger partial charge in [0.1, 0.15) is 0 Å². The van der Waals surface area contributed by atoms with Crippen molar-refractivity contribution >= 4 is 0 Å². The molecule has 0 bridgehead atoms. The van der Waals surface area contributed by atoms with Gasteiger partial charge in [0.15, 0.2) is 0 Å². The molecule has 0 radical (unpaired) electrons. The van der Waals surface area contributed by atoms with Crippen LogP contribution < -0.4 is 5.32 Å². The lowest BCUT2D eigenvalue weighted by atomic mass is 10.1. The van der Waals surface area contributed by atoms with Crippen molar-refractivity contribution in [3.05, 3.63) is 46.8 Å². The second-order valence-corrected chi connectivity index (χ2v) is 5.18. The van der Waals surface area contributed by atoms with Crippen LogP contribution in [0.1, 0.15) is 36.4 Å². The second-order valence-electron chi connectivity index (χ2n) is 5.18. The number of likely N-dealkylation sites (N-methyl/N-ethyl adjacent to an activating group) is 1. The highest BCUT2D eigenvalue weighted by Gasteiger charge is 2.15. The van der Waals surface area contributed by atoms with Crippen LogP contribution in [-0.4, -0.2) is 23.4 Å². The van der Waals surface area contributed by atoms with Crippen LogP contribution in [0.5, 0.6) is 0 Å². The predicted molar refractivity (Wildman–Crippen MR) is 84.7 cm³/mol. The molecular weight excluding hydrogens is 246 g/mol. The van der Waals surface area contributed by atoms with Crippen LogP contribution >= 0.6 is 0 Å². The van der Waals surface area contributed by atoms with Gasteiger partial charge in [-0.3, -0.25) is 0 Å². The lowest BCUT2D eigenvalue weighted by molar-refractivity contribution is 0.772. The number of aryl methyl sites for hydroxylation is 2. The van der Waals surface area contributed by atoms with Gasteiger partial charge in [0.05, 0.1) is 11.4 Å². The van der Waals surface area contributed by atoms with Gasteiger partial charge in [-0.1, -0.05) is 31.5 Å². The maximum Gasteiger partial charge on any atom is 0.0661 e. The number of hydrogen-bond acceptors (Lipinski definition) is 2. The summed E-state index contributed by atoms with van der Waals surface area (Å²) in [5, 5.41) is 8.08. The molecule has 0 aliphatic rings. The number of benzene rings is 1. The fourth-order valence-corrected chi connectivity index (χ4v) is 2.62. The zero-order valence-corrected chi connectivity index (χ0v) is 13.0. The molecule has 0 unspecified atom stereocenters. The Morgan fingerprint density at radius 1 is 1.10 bits per heavy atom. The van der Waals surface area contributed by atoms with Crippen molar-refractivity contribution in [1.29, 1.82) is 0 Å². The van der Waals surface area contributed by atoms with Gasteiger partial charge >= 0.3 is 0 Å². The van der Waals surface area contributed by atoms with Crippen molar-refractivity contribution in [2.45, 2.75) is 40.0 Å². The van der Waals surface area contributed by atoms with Crippen molar-refractivity contribution in [3.63, 3.8) is 0 Å². The molecule has 2 aromatic rings. The first-order chi connectivity index (χ1) is 9.71. The molecule has 0 spiro atoms. The van der Waals surface area contributed by atoms with Gasteiger partial charge in [-0.25, -0.2) is 4.68 Å². The number of aromatic nitrogens is 2. The Kier molecular flexibility index (Phi) is 4.96. The SMILES string of the molecule is CCc1nn(-c2ccc(C)cc2)c(CC)c1CCNC. The third-order valence-corrected chi connectivity index (χ3v) is 3.75. The topological polar surface area (TPSA) is 29.9 Å². The van der Waals surface area contributed by atoms with Gasteiger partial charge < -0.3 is 5.32 Å². The number of rotatable bonds is 6. The highest BCUT2D eigenvalue weighted by Crippen LogP contribution is 2.21. The first-order valence-corrected chi connectivity index (χ1v) is 7.52. The summed E-state index contributed by atoms with van der Waals surface area (Å²) in [6.45, 7) is 7.51. The van der Waals surface area contributed by atoms with Gasteiger partial charge in [0, 0.05) is 5.69 Å². The maximum absolute atomic E-state index is 4.84. The molecule has 1 heterocycles. The maximum atomic E-state index is 4.84. The van der Waals surface area contributed by atoms with Crippen molar-refractivity contribution < 1.29 is 0 Å². The molecule has 3 heteroatoms. The smallest absolute Gasteiger partial charge is 0.0661 e. The molecule has 0 saturated carbocycles. The molecule has 20 heavy (non-hydrogen) atoms. The Balaban J connectivity index is 2.47. The van der Waals surface area contributed by atoms with E-state index in [9.17, 15) is 0 Å². The van der Waals surface area contributed by atoms with E-state index >= 15 is 0 Å². The highest BCUT2D eigenvalue weighted by molar-refractivity contribution is 5.39. The zero-order valence-electron chi connectivity index (χ0n) is 13.0. The summed E-state index contributed by atoms with van der Waals surface area (Å²) < 4.78 is 2.13. The number of nitrogens with zero attached hydrogens (tertiary/aromatic N) is 2. The van der Waals surface area contributed by atoms with E-state index in [2.05, 4.69) is 55.0 Å². The van der Waals surface area contributed by atoms with E-state index in [1.165, 1.54) is 22.5 Å². The fourth-order valence-electron chi connectivity index (χ4n) is 2.62. The van der Waals surface area contributed by atoms with Crippen LogP contribution in [0, 0.1) is 6.92 Å². The third kappa shape index (κ3) is 2.93. The van der Waals surface area contributed by atoms with E-state index in [-0.39, 0.29) is 0 Å². The van der Waals surface area contributed by atoms with E-state index in [0.29, 0.717) is 0 Å². The molecule has 0 fully saturated rings. The first kappa shape index (κ1) is 14.8. The lowest BCUT2D eigenvalue weighted by Crippen LogP contribution is -2.12. The van der Waals surface area contributed by atoms with Crippen LogP contribution in [0.4, 0.5) is 0 Å². The van der Waals surface area contributed by atoms with Gasteiger partial charge in [0.2, 0.25) is 0 Å². The second kappa shape index (κ2) is 6.71. The minimum absolute atomic E-state index is 0.991. The van der Waals surface area contributed by atoms with Crippen molar-refractivity contribution in [3.8, 4) is 5.69 Å². The molecule has 0 amide bonds. The zero-order chi connectivity index (χ0) is 14.5. The van der Waals surface area contributed by atoms with Gasteiger partial charge in [-0.15, -0.1) is 0 Å². The monoisotopic (exact) mass is 271 g/mol. The third-order valence-electron chi connectivity index (χ3n) is 3.75. The largest absolute Gasteiger partial charge is 0.319 e. The molecule has 2 rings (SSSR count). The molecule has 108 valence electrons. The summed E-state index contributed by atoms with van der Waals surface area (Å²) in [5.74, 6) is 0. The molecule has 0 aliphatic carbocycles. The average molecular weight is 271 g/mol. The normalized spacial score (nSPS) is 11.0. The van der Waals surface area contributed by atoms with E-state index < -0.39 is 0 Å². The van der Waals surface area contributed by atoms with Gasteiger partial charge in [-0.2, -0.15) is 5.10 Å². The Morgan fingerprint density at radius 3 is 2.35 bits per heavy atom. The summed E-state index contributed by atoms with van der Waals surface area (Å²) in [6, 6.07) is 8.61. The molecule has 0 atom stereocenters. The van der Waals surface area contributed by atoms with Crippen LogP contribution in [-0.2, 0) is 19.3 Å². The predicted octanol–water partition coefficient (Wildman–Crippen LogP) is 3.07. The highest BCUT2D eigenvalue weighted by atomic mass is 15.3.